The first-order valence-electron chi connectivity index (χ1n) is 10.4. The Morgan fingerprint density at radius 2 is 1.82 bits per heavy atom. The number of nitrogens with zero attached hydrogens (tertiary/aromatic N) is 1. The minimum absolute atomic E-state index is 0.159. The summed E-state index contributed by atoms with van der Waals surface area (Å²) in [4.78, 5) is 39.7. The minimum atomic E-state index is -0.408. The van der Waals surface area contributed by atoms with Crippen molar-refractivity contribution in [2.75, 3.05) is 22.1 Å². The van der Waals surface area contributed by atoms with Gasteiger partial charge in [-0.2, -0.15) is 0 Å². The highest BCUT2D eigenvalue weighted by molar-refractivity contribution is 6.31. The molecule has 0 bridgehead atoms. The van der Waals surface area contributed by atoms with Crippen LogP contribution in [0.25, 0.3) is 0 Å². The molecule has 1 aliphatic rings. The van der Waals surface area contributed by atoms with Crippen LogP contribution in [0.1, 0.15) is 23.7 Å². The van der Waals surface area contributed by atoms with Gasteiger partial charge in [-0.1, -0.05) is 41.9 Å². The van der Waals surface area contributed by atoms with E-state index in [-0.39, 0.29) is 42.2 Å². The van der Waals surface area contributed by atoms with Gasteiger partial charge in [0.05, 0.1) is 16.9 Å². The number of hydrogen-bond donors (Lipinski definition) is 2. The third kappa shape index (κ3) is 5.15. The number of nitrogens with one attached hydrogen (secondary N) is 2. The number of ether oxygens (including phenoxy) is 1. The van der Waals surface area contributed by atoms with Crippen LogP contribution in [0.5, 0.6) is 5.75 Å². The Morgan fingerprint density at radius 1 is 1.09 bits per heavy atom. The zero-order valence-electron chi connectivity index (χ0n) is 17.9. The predicted molar refractivity (Wildman–Crippen MR) is 128 cm³/mol. The van der Waals surface area contributed by atoms with E-state index in [0.29, 0.717) is 22.1 Å². The smallest absolute Gasteiger partial charge is 0.265 e. The Hall–Kier alpha value is -3.84. The van der Waals surface area contributed by atoms with Crippen LogP contribution in [0.3, 0.4) is 0 Å². The Labute approximate surface area is 196 Å². The maximum Gasteiger partial charge on any atom is 0.265 e. The second kappa shape index (κ2) is 9.75. The lowest BCUT2D eigenvalue weighted by Crippen LogP contribution is -2.41. The minimum Gasteiger partial charge on any atom is -0.483 e. The van der Waals surface area contributed by atoms with E-state index in [4.69, 9.17) is 16.3 Å². The average molecular weight is 464 g/mol. The zero-order chi connectivity index (χ0) is 23.4. The molecule has 4 rings (SSSR count). The van der Waals surface area contributed by atoms with Gasteiger partial charge in [0.1, 0.15) is 5.75 Å². The monoisotopic (exact) mass is 463 g/mol. The highest BCUT2D eigenvalue weighted by Crippen LogP contribution is 2.31. The summed E-state index contributed by atoms with van der Waals surface area (Å²) in [7, 11) is 0. The van der Waals surface area contributed by atoms with Crippen molar-refractivity contribution >= 4 is 46.4 Å². The molecule has 0 aliphatic carbocycles. The Balaban J connectivity index is 1.54. The molecule has 0 saturated heterocycles. The Kier molecular flexibility index (Phi) is 6.60. The van der Waals surface area contributed by atoms with Crippen LogP contribution in [0.4, 0.5) is 17.1 Å². The number of benzene rings is 3. The van der Waals surface area contributed by atoms with E-state index in [1.807, 2.05) is 18.2 Å². The van der Waals surface area contributed by atoms with Crippen molar-refractivity contribution in [3.05, 3.63) is 83.4 Å². The maximum atomic E-state index is 13.2. The van der Waals surface area contributed by atoms with Crippen molar-refractivity contribution in [2.45, 2.75) is 19.4 Å². The lowest BCUT2D eigenvalue weighted by atomic mass is 10.1. The topological polar surface area (TPSA) is 87.7 Å². The van der Waals surface area contributed by atoms with Crippen LogP contribution in [0.2, 0.25) is 5.02 Å². The highest BCUT2D eigenvalue weighted by atomic mass is 35.5. The molecule has 1 heterocycles. The first-order chi connectivity index (χ1) is 15.9. The van der Waals surface area contributed by atoms with Gasteiger partial charge in [0.15, 0.2) is 6.61 Å². The number of hydrogen-bond acceptors (Lipinski definition) is 4. The third-order valence-corrected chi connectivity index (χ3v) is 5.43. The SMILES string of the molecule is CC1CC(=O)Nc2ccccc2N1C(=O)COc1ccc(Cl)cc1C(=O)Nc1ccccc1. The van der Waals surface area contributed by atoms with Gasteiger partial charge in [0.2, 0.25) is 5.91 Å². The Morgan fingerprint density at radius 3 is 2.61 bits per heavy atom. The second-order valence-electron chi connectivity index (χ2n) is 7.63. The van der Waals surface area contributed by atoms with Gasteiger partial charge in [-0.05, 0) is 49.4 Å². The number of para-hydroxylation sites is 3. The van der Waals surface area contributed by atoms with Crippen LogP contribution in [0.15, 0.2) is 72.8 Å². The molecule has 1 atom stereocenters. The van der Waals surface area contributed by atoms with Crippen LogP contribution < -0.4 is 20.3 Å². The fraction of sp³-hybridized carbons (Fsp3) is 0.160. The number of carbonyl (C=O) groups excluding carboxylic acids is 3. The molecule has 2 N–H and O–H groups in total. The summed E-state index contributed by atoms with van der Waals surface area (Å²) in [5.74, 6) is -0.680. The van der Waals surface area contributed by atoms with E-state index in [9.17, 15) is 14.4 Å². The first kappa shape index (κ1) is 22.4. The van der Waals surface area contributed by atoms with Crippen molar-refractivity contribution in [1.29, 1.82) is 0 Å². The number of halogens is 1. The fourth-order valence-corrected chi connectivity index (χ4v) is 3.87. The summed E-state index contributed by atoms with van der Waals surface area (Å²) in [5.41, 5.74) is 1.99. The quantitative estimate of drug-likeness (QED) is 0.572. The molecule has 0 aromatic heterocycles. The lowest BCUT2D eigenvalue weighted by molar-refractivity contribution is -0.121. The first-order valence-corrected chi connectivity index (χ1v) is 10.8. The molecule has 1 aliphatic heterocycles. The van der Waals surface area contributed by atoms with Crippen molar-refractivity contribution in [1.82, 2.24) is 0 Å². The maximum absolute atomic E-state index is 13.2. The predicted octanol–water partition coefficient (Wildman–Crippen LogP) is 4.74. The van der Waals surface area contributed by atoms with E-state index >= 15 is 0 Å². The summed E-state index contributed by atoms with van der Waals surface area (Å²) in [6.45, 7) is 1.49. The largest absolute Gasteiger partial charge is 0.483 e. The lowest BCUT2D eigenvalue weighted by Gasteiger charge is -2.28. The van der Waals surface area contributed by atoms with Crippen LogP contribution >= 0.6 is 11.6 Å². The van der Waals surface area contributed by atoms with Gasteiger partial charge in [-0.3, -0.25) is 14.4 Å². The zero-order valence-corrected chi connectivity index (χ0v) is 18.6. The number of amides is 3. The number of rotatable bonds is 5. The van der Waals surface area contributed by atoms with E-state index in [2.05, 4.69) is 10.6 Å². The summed E-state index contributed by atoms with van der Waals surface area (Å²) >= 11 is 6.11. The van der Waals surface area contributed by atoms with Crippen molar-refractivity contribution < 1.29 is 19.1 Å². The molecule has 3 aromatic rings. The molecule has 0 spiro atoms. The second-order valence-corrected chi connectivity index (χ2v) is 8.07. The number of anilines is 3. The van der Waals surface area contributed by atoms with Crippen LogP contribution in [-0.2, 0) is 9.59 Å². The molecule has 7 nitrogen and oxygen atoms in total. The van der Waals surface area contributed by atoms with Gasteiger partial charge in [-0.15, -0.1) is 0 Å². The van der Waals surface area contributed by atoms with Gasteiger partial charge >= 0.3 is 0 Å². The number of fused-ring (bicyclic) bond motifs is 1. The van der Waals surface area contributed by atoms with Crippen molar-refractivity contribution in [2.24, 2.45) is 0 Å². The van der Waals surface area contributed by atoms with E-state index in [1.54, 1.807) is 60.4 Å². The molecule has 0 radical (unpaired) electrons. The fourth-order valence-electron chi connectivity index (χ4n) is 3.70. The standard InChI is InChI=1S/C25H22ClN3O4/c1-16-13-23(30)28-20-9-5-6-10-21(20)29(16)24(31)15-33-22-12-11-17(26)14-19(22)25(32)27-18-7-3-2-4-8-18/h2-12,14,16H,13,15H2,1H3,(H,27,32)(H,28,30). The van der Waals surface area contributed by atoms with E-state index in [1.165, 1.54) is 6.07 Å². The summed E-state index contributed by atoms with van der Waals surface area (Å²) < 4.78 is 5.78. The van der Waals surface area contributed by atoms with Gasteiger partial charge in [0.25, 0.3) is 11.8 Å². The summed E-state index contributed by atoms with van der Waals surface area (Å²) in [6.07, 6.45) is 0.159. The van der Waals surface area contributed by atoms with Gasteiger partial charge in [-0.25, -0.2) is 0 Å². The normalized spacial score (nSPS) is 15.2. The van der Waals surface area contributed by atoms with Crippen LogP contribution in [-0.4, -0.2) is 30.4 Å². The van der Waals surface area contributed by atoms with E-state index in [0.717, 1.165) is 0 Å². The average Bonchev–Trinajstić information content (AvgIpc) is 2.92. The summed E-state index contributed by atoms with van der Waals surface area (Å²) in [5, 5.41) is 5.98. The molecule has 0 fully saturated rings. The van der Waals surface area contributed by atoms with Crippen LogP contribution in [0, 0.1) is 0 Å². The molecule has 1 unspecified atom stereocenters. The molecule has 0 saturated carbocycles. The molecule has 3 aromatic carbocycles. The molecule has 3 amide bonds. The van der Waals surface area contributed by atoms with Crippen molar-refractivity contribution in [3.63, 3.8) is 0 Å². The number of carbonyl (C=O) groups is 3. The molecule has 33 heavy (non-hydrogen) atoms. The molecule has 168 valence electrons. The van der Waals surface area contributed by atoms with E-state index < -0.39 is 5.91 Å². The summed E-state index contributed by atoms with van der Waals surface area (Å²) in [6, 6.07) is 20.4. The molecule has 8 heteroatoms. The Bertz CT molecular complexity index is 1200. The van der Waals surface area contributed by atoms with Gasteiger partial charge in [0, 0.05) is 23.2 Å². The van der Waals surface area contributed by atoms with Crippen molar-refractivity contribution in [3.8, 4) is 5.75 Å². The third-order valence-electron chi connectivity index (χ3n) is 5.20. The highest BCUT2D eigenvalue weighted by Gasteiger charge is 2.30. The van der Waals surface area contributed by atoms with Gasteiger partial charge < -0.3 is 20.3 Å². The molecular formula is C25H22ClN3O4. The molecular weight excluding hydrogens is 442 g/mol.